The fraction of sp³-hybridized carbons (Fsp3) is 0.241. The highest BCUT2D eigenvalue weighted by molar-refractivity contribution is 9.10. The summed E-state index contributed by atoms with van der Waals surface area (Å²) in [5, 5.41) is 3.02. The highest BCUT2D eigenvalue weighted by atomic mass is 79.9. The molecule has 0 saturated carbocycles. The number of carbonyl (C=O) groups excluding carboxylic acids is 4. The normalized spacial score (nSPS) is 23.4. The van der Waals surface area contributed by atoms with Crippen LogP contribution in [0.1, 0.15) is 41.0 Å². The summed E-state index contributed by atoms with van der Waals surface area (Å²) in [5.41, 5.74) is 4.66. The average Bonchev–Trinajstić information content (AvgIpc) is 3.19. The highest BCUT2D eigenvalue weighted by Gasteiger charge is 2.62. The Morgan fingerprint density at radius 1 is 0.921 bits per heavy atom. The van der Waals surface area contributed by atoms with Gasteiger partial charge < -0.3 is 10.1 Å². The summed E-state index contributed by atoms with van der Waals surface area (Å²) < 4.78 is 5.89. The maximum atomic E-state index is 13.7. The van der Waals surface area contributed by atoms with Crippen LogP contribution in [0.4, 0.5) is 5.69 Å². The second-order valence-corrected chi connectivity index (χ2v) is 11.0. The summed E-state index contributed by atoms with van der Waals surface area (Å²) in [7, 11) is 0. The standard InChI is InChI=1S/C29H22BrClN2O5/c1-14(29(37)38-13-22(34)32-15-10-11-20(30)21(31)12-15)33-27(35)25-23-16-6-2-3-7-17(16)24(26(25)28(33)36)19-9-5-4-8-18(19)23/h2-12,14,23-26H,13H2,1H3,(H,32,34)/t14-,23?,24?,25-,26+/m0/s1. The van der Waals surface area contributed by atoms with Gasteiger partial charge in [0.1, 0.15) is 6.04 Å². The zero-order valence-electron chi connectivity index (χ0n) is 20.2. The Hall–Kier alpha value is -3.49. The van der Waals surface area contributed by atoms with Gasteiger partial charge in [0.25, 0.3) is 5.91 Å². The first-order chi connectivity index (χ1) is 18.3. The van der Waals surface area contributed by atoms with Crippen LogP contribution in [0.5, 0.6) is 0 Å². The number of halogens is 2. The quantitative estimate of drug-likeness (QED) is 0.337. The van der Waals surface area contributed by atoms with Gasteiger partial charge in [-0.05, 0) is 63.3 Å². The molecule has 38 heavy (non-hydrogen) atoms. The van der Waals surface area contributed by atoms with Gasteiger partial charge >= 0.3 is 5.97 Å². The lowest BCUT2D eigenvalue weighted by Gasteiger charge is -2.45. The molecule has 0 radical (unpaired) electrons. The number of esters is 1. The molecule has 1 fully saturated rings. The maximum Gasteiger partial charge on any atom is 0.329 e. The van der Waals surface area contributed by atoms with Gasteiger partial charge in [-0.15, -0.1) is 0 Å². The molecule has 7 nitrogen and oxygen atoms in total. The molecule has 1 aliphatic heterocycles. The van der Waals surface area contributed by atoms with Gasteiger partial charge in [-0.2, -0.15) is 0 Å². The minimum Gasteiger partial charge on any atom is -0.454 e. The minimum atomic E-state index is -1.17. The molecule has 0 unspecified atom stereocenters. The van der Waals surface area contributed by atoms with E-state index < -0.39 is 36.4 Å². The van der Waals surface area contributed by atoms with E-state index in [4.69, 9.17) is 16.3 Å². The Kier molecular flexibility index (Phi) is 6.12. The first-order valence-electron chi connectivity index (χ1n) is 12.2. The van der Waals surface area contributed by atoms with Crippen molar-refractivity contribution >= 4 is 56.9 Å². The second-order valence-electron chi connectivity index (χ2n) is 9.77. The van der Waals surface area contributed by atoms with Gasteiger partial charge in [-0.3, -0.25) is 19.3 Å². The molecule has 3 aromatic carbocycles. The molecular weight excluding hydrogens is 572 g/mol. The van der Waals surface area contributed by atoms with Crippen molar-refractivity contribution in [3.05, 3.63) is 98.5 Å². The number of amides is 3. The monoisotopic (exact) mass is 592 g/mol. The zero-order valence-corrected chi connectivity index (χ0v) is 22.5. The largest absolute Gasteiger partial charge is 0.454 e. The summed E-state index contributed by atoms with van der Waals surface area (Å²) in [4.78, 5) is 53.8. The predicted molar refractivity (Wildman–Crippen MR) is 144 cm³/mol. The number of nitrogens with one attached hydrogen (secondary N) is 1. The third-order valence-corrected chi connectivity index (χ3v) is 8.99. The van der Waals surface area contributed by atoms with Crippen molar-refractivity contribution in [2.75, 3.05) is 11.9 Å². The zero-order chi connectivity index (χ0) is 26.7. The van der Waals surface area contributed by atoms with Gasteiger partial charge in [0.15, 0.2) is 6.61 Å². The lowest BCUT2D eigenvalue weighted by atomic mass is 9.55. The van der Waals surface area contributed by atoms with E-state index in [1.54, 1.807) is 18.2 Å². The summed E-state index contributed by atoms with van der Waals surface area (Å²) in [6, 6.07) is 19.6. The lowest BCUT2D eigenvalue weighted by Crippen LogP contribution is -2.45. The van der Waals surface area contributed by atoms with E-state index in [1.807, 2.05) is 48.5 Å². The van der Waals surface area contributed by atoms with Gasteiger partial charge in [-0.1, -0.05) is 60.1 Å². The molecule has 4 aliphatic rings. The van der Waals surface area contributed by atoms with Gasteiger partial charge in [-0.25, -0.2) is 4.79 Å². The fourth-order valence-corrected chi connectivity index (χ4v) is 6.64. The second kappa shape index (κ2) is 9.36. The Labute approximate surface area is 232 Å². The molecule has 1 saturated heterocycles. The number of hydrogen-bond donors (Lipinski definition) is 1. The summed E-state index contributed by atoms with van der Waals surface area (Å²) in [6.45, 7) is 0.895. The number of imide groups is 1. The minimum absolute atomic E-state index is 0.259. The van der Waals surface area contributed by atoms with Crippen molar-refractivity contribution in [2.24, 2.45) is 11.8 Å². The van der Waals surface area contributed by atoms with E-state index in [2.05, 4.69) is 21.2 Å². The number of ether oxygens (including phenoxy) is 1. The topological polar surface area (TPSA) is 92.8 Å². The summed E-state index contributed by atoms with van der Waals surface area (Å²) in [6.07, 6.45) is 0. The maximum absolute atomic E-state index is 13.7. The van der Waals surface area contributed by atoms with E-state index in [0.717, 1.165) is 27.2 Å². The van der Waals surface area contributed by atoms with Crippen LogP contribution in [0, 0.1) is 11.8 Å². The van der Waals surface area contributed by atoms with E-state index in [9.17, 15) is 19.2 Å². The smallest absolute Gasteiger partial charge is 0.329 e. The summed E-state index contributed by atoms with van der Waals surface area (Å²) in [5.74, 6) is -3.83. The van der Waals surface area contributed by atoms with E-state index >= 15 is 0 Å². The molecule has 9 heteroatoms. The predicted octanol–water partition coefficient (Wildman–Crippen LogP) is 4.86. The molecule has 3 aliphatic carbocycles. The Bertz CT molecular complexity index is 1410. The van der Waals surface area contributed by atoms with Gasteiger partial charge in [0.2, 0.25) is 11.8 Å². The Morgan fingerprint density at radius 3 is 1.89 bits per heavy atom. The van der Waals surface area contributed by atoms with Crippen molar-refractivity contribution in [1.29, 1.82) is 0 Å². The molecule has 3 aromatic rings. The van der Waals surface area contributed by atoms with Crippen molar-refractivity contribution in [1.82, 2.24) is 4.90 Å². The molecule has 7 rings (SSSR count). The Balaban J connectivity index is 1.20. The van der Waals surface area contributed by atoms with Crippen LogP contribution >= 0.6 is 27.5 Å². The van der Waals surface area contributed by atoms with Crippen LogP contribution in [-0.4, -0.2) is 41.2 Å². The highest BCUT2D eigenvalue weighted by Crippen LogP contribution is 2.61. The van der Waals surface area contributed by atoms with Crippen LogP contribution in [0.15, 0.2) is 71.2 Å². The molecule has 2 bridgehead atoms. The van der Waals surface area contributed by atoms with Crippen LogP contribution in [0.3, 0.4) is 0 Å². The third kappa shape index (κ3) is 3.77. The van der Waals surface area contributed by atoms with E-state index in [-0.39, 0.29) is 23.7 Å². The number of anilines is 1. The first-order valence-corrected chi connectivity index (χ1v) is 13.4. The van der Waals surface area contributed by atoms with Crippen LogP contribution < -0.4 is 5.32 Å². The molecule has 1 heterocycles. The number of nitrogens with zero attached hydrogens (tertiary/aromatic N) is 1. The Morgan fingerprint density at radius 2 is 1.42 bits per heavy atom. The van der Waals surface area contributed by atoms with Gasteiger partial charge in [0, 0.05) is 22.0 Å². The van der Waals surface area contributed by atoms with Crippen LogP contribution in [0.25, 0.3) is 0 Å². The number of carbonyl (C=O) groups is 4. The molecule has 3 amide bonds. The van der Waals surface area contributed by atoms with Crippen LogP contribution in [0.2, 0.25) is 5.02 Å². The number of hydrogen-bond acceptors (Lipinski definition) is 5. The van der Waals surface area contributed by atoms with E-state index in [1.165, 1.54) is 6.92 Å². The molecule has 1 N–H and O–H groups in total. The average molecular weight is 594 g/mol. The van der Waals surface area contributed by atoms with Crippen molar-refractivity contribution in [2.45, 2.75) is 24.8 Å². The van der Waals surface area contributed by atoms with E-state index in [0.29, 0.717) is 15.2 Å². The third-order valence-electron chi connectivity index (χ3n) is 7.76. The number of rotatable bonds is 5. The summed E-state index contributed by atoms with van der Waals surface area (Å²) >= 11 is 9.33. The lowest BCUT2D eigenvalue weighted by molar-refractivity contribution is -0.159. The molecular formula is C29H22BrClN2O5. The molecule has 0 aromatic heterocycles. The molecule has 192 valence electrons. The fourth-order valence-electron chi connectivity index (χ4n) is 6.22. The number of benzene rings is 3. The van der Waals surface area contributed by atoms with Crippen LogP contribution in [-0.2, 0) is 23.9 Å². The first kappa shape index (κ1) is 24.8. The van der Waals surface area contributed by atoms with Crippen molar-refractivity contribution < 1.29 is 23.9 Å². The number of likely N-dealkylation sites (tertiary alicyclic amines) is 1. The SMILES string of the molecule is C[C@@H](C(=O)OCC(=O)Nc1ccc(Br)c(Cl)c1)N1C(=O)[C@@H]2C3c4ccccc4C(c4ccccc43)[C@@H]2C1=O. The van der Waals surface area contributed by atoms with Crippen molar-refractivity contribution in [3.63, 3.8) is 0 Å². The molecule has 3 atom stereocenters. The van der Waals surface area contributed by atoms with Gasteiger partial charge in [0.05, 0.1) is 16.9 Å². The molecule has 0 spiro atoms. The van der Waals surface area contributed by atoms with Crippen molar-refractivity contribution in [3.8, 4) is 0 Å².